The van der Waals surface area contributed by atoms with Crippen LogP contribution in [-0.2, 0) is 11.2 Å². The highest BCUT2D eigenvalue weighted by molar-refractivity contribution is 5.86. The molecule has 0 amide bonds. The summed E-state index contributed by atoms with van der Waals surface area (Å²) < 4.78 is 10.1. The van der Waals surface area contributed by atoms with Crippen molar-refractivity contribution in [2.75, 3.05) is 7.11 Å². The minimum absolute atomic E-state index is 0.0573. The molecule has 1 fully saturated rings. The number of ether oxygens (including phenoxy) is 1. The summed E-state index contributed by atoms with van der Waals surface area (Å²) >= 11 is 0. The molecule has 1 N–H and O–H groups in total. The number of hydrogen-bond donors (Lipinski definition) is 1. The molecule has 0 spiro atoms. The van der Waals surface area contributed by atoms with Crippen LogP contribution in [0.2, 0.25) is 0 Å². The second-order valence-electron chi connectivity index (χ2n) is 6.40. The highest BCUT2D eigenvalue weighted by atomic mass is 16.5. The minimum Gasteiger partial charge on any atom is -0.463 e. The summed E-state index contributed by atoms with van der Waals surface area (Å²) in [5.74, 6) is -0.207. The fraction of sp³-hybridized carbons (Fsp3) is 0.421. The topological polar surface area (TPSA) is 99.1 Å². The van der Waals surface area contributed by atoms with Crippen LogP contribution in [-0.4, -0.2) is 25.2 Å². The molecular formula is C19H19N3O3. The van der Waals surface area contributed by atoms with E-state index in [0.29, 0.717) is 5.76 Å². The summed E-state index contributed by atoms with van der Waals surface area (Å²) in [4.78, 5) is 11.5. The maximum atomic E-state index is 11.5. The molecule has 3 heterocycles. The molecule has 1 unspecified atom stereocenters. The van der Waals surface area contributed by atoms with E-state index < -0.39 is 11.4 Å². The van der Waals surface area contributed by atoms with Crippen LogP contribution >= 0.6 is 0 Å². The third-order valence-corrected chi connectivity index (χ3v) is 5.01. The Bertz CT molecular complexity index is 795. The predicted molar refractivity (Wildman–Crippen MR) is 89.1 cm³/mol. The highest BCUT2D eigenvalue weighted by Gasteiger charge is 2.46. The average Bonchev–Trinajstić information content (AvgIpc) is 3.26. The molecule has 0 radical (unpaired) electrons. The maximum Gasteiger partial charge on any atom is 0.373 e. The van der Waals surface area contributed by atoms with Gasteiger partial charge in [-0.1, -0.05) is 12.2 Å². The van der Waals surface area contributed by atoms with E-state index in [4.69, 9.17) is 4.42 Å². The van der Waals surface area contributed by atoms with Crippen LogP contribution in [0.15, 0.2) is 40.9 Å². The van der Waals surface area contributed by atoms with Gasteiger partial charge >= 0.3 is 5.97 Å². The van der Waals surface area contributed by atoms with Gasteiger partial charge in [0.1, 0.15) is 5.76 Å². The van der Waals surface area contributed by atoms with Crippen molar-refractivity contribution in [3.05, 3.63) is 48.0 Å². The second kappa shape index (κ2) is 6.58. The molecule has 2 aliphatic heterocycles. The minimum atomic E-state index is -1.35. The van der Waals surface area contributed by atoms with Gasteiger partial charge < -0.3 is 14.5 Å². The van der Waals surface area contributed by atoms with Gasteiger partial charge in [-0.25, -0.2) is 4.79 Å². The number of esters is 1. The highest BCUT2D eigenvalue weighted by Crippen LogP contribution is 2.43. The lowest BCUT2D eigenvalue weighted by molar-refractivity contribution is 0.0562. The number of rotatable bonds is 5. The van der Waals surface area contributed by atoms with E-state index in [1.54, 1.807) is 12.1 Å². The van der Waals surface area contributed by atoms with E-state index in [2.05, 4.69) is 28.8 Å². The molecule has 0 aliphatic carbocycles. The molecule has 1 aromatic heterocycles. The van der Waals surface area contributed by atoms with E-state index >= 15 is 0 Å². The van der Waals surface area contributed by atoms with Crippen LogP contribution in [0.1, 0.15) is 29.2 Å². The Balaban J connectivity index is 1.96. The van der Waals surface area contributed by atoms with Gasteiger partial charge in [-0.2, -0.15) is 10.5 Å². The third-order valence-electron chi connectivity index (χ3n) is 5.01. The fourth-order valence-corrected chi connectivity index (χ4v) is 3.76. The zero-order chi connectivity index (χ0) is 18.0. The van der Waals surface area contributed by atoms with Gasteiger partial charge in [-0.05, 0) is 30.5 Å². The summed E-state index contributed by atoms with van der Waals surface area (Å²) in [6, 6.07) is 7.85. The molecule has 1 aromatic rings. The molecule has 0 aromatic carbocycles. The first-order valence-electron chi connectivity index (χ1n) is 8.17. The number of carbonyl (C=O) groups excluding carboxylic acids is 1. The standard InChI is InChI=1S/C19H19N3O3/c1-3-14-15(8-12-4-6-16(14)22-12)19(10-20,11-21)9-13-5-7-17(25-13)18(23)24-2/h3,5,7-8,12,14,16,22H,1,4,6,9H2,2H3/t12?,14-,16+/m1/s1. The van der Waals surface area contributed by atoms with Crippen molar-refractivity contribution in [3.8, 4) is 12.1 Å². The number of nitrogens with zero attached hydrogens (tertiary/aromatic N) is 2. The Morgan fingerprint density at radius 3 is 2.88 bits per heavy atom. The first-order chi connectivity index (χ1) is 12.1. The van der Waals surface area contributed by atoms with Crippen LogP contribution < -0.4 is 5.32 Å². The van der Waals surface area contributed by atoms with Gasteiger partial charge in [0.2, 0.25) is 5.76 Å². The fourth-order valence-electron chi connectivity index (χ4n) is 3.76. The summed E-state index contributed by atoms with van der Waals surface area (Å²) in [6.07, 6.45) is 5.84. The van der Waals surface area contributed by atoms with Crippen molar-refractivity contribution in [2.45, 2.75) is 31.3 Å². The first kappa shape index (κ1) is 17.0. The summed E-state index contributed by atoms with van der Waals surface area (Å²) in [7, 11) is 1.27. The van der Waals surface area contributed by atoms with Crippen molar-refractivity contribution in [1.29, 1.82) is 10.5 Å². The average molecular weight is 337 g/mol. The maximum absolute atomic E-state index is 11.5. The number of furan rings is 1. The second-order valence-corrected chi connectivity index (χ2v) is 6.40. The number of carbonyl (C=O) groups is 1. The van der Waals surface area contributed by atoms with Crippen molar-refractivity contribution < 1.29 is 13.9 Å². The third kappa shape index (κ3) is 2.86. The molecule has 25 heavy (non-hydrogen) atoms. The van der Waals surface area contributed by atoms with E-state index in [0.717, 1.165) is 18.4 Å². The van der Waals surface area contributed by atoms with E-state index in [-0.39, 0.29) is 30.2 Å². The molecule has 0 saturated carbocycles. The Morgan fingerprint density at radius 2 is 2.24 bits per heavy atom. The first-order valence-corrected chi connectivity index (χ1v) is 8.17. The van der Waals surface area contributed by atoms with Gasteiger partial charge in [0.25, 0.3) is 0 Å². The molecule has 6 nitrogen and oxygen atoms in total. The smallest absolute Gasteiger partial charge is 0.373 e. The molecular weight excluding hydrogens is 318 g/mol. The lowest BCUT2D eigenvalue weighted by Crippen LogP contribution is -2.43. The number of methoxy groups -OCH3 is 1. The molecule has 1 saturated heterocycles. The number of hydrogen-bond acceptors (Lipinski definition) is 6. The Labute approximate surface area is 146 Å². The normalized spacial score (nSPS) is 24.8. The van der Waals surface area contributed by atoms with Crippen molar-refractivity contribution in [3.63, 3.8) is 0 Å². The molecule has 2 aliphatic rings. The van der Waals surface area contributed by atoms with E-state index in [9.17, 15) is 15.3 Å². The summed E-state index contributed by atoms with van der Waals surface area (Å²) in [6.45, 7) is 3.89. The van der Waals surface area contributed by atoms with Crippen LogP contribution in [0.3, 0.4) is 0 Å². The molecule has 128 valence electrons. The molecule has 6 heteroatoms. The summed E-state index contributed by atoms with van der Waals surface area (Å²) in [5.41, 5.74) is -0.581. The number of fused-ring (bicyclic) bond motifs is 2. The number of nitrogens with one attached hydrogen (secondary N) is 1. The van der Waals surface area contributed by atoms with E-state index in [1.807, 2.05) is 6.08 Å². The number of nitriles is 2. The zero-order valence-electron chi connectivity index (χ0n) is 14.0. The van der Waals surface area contributed by atoms with Gasteiger partial charge in [-0.15, -0.1) is 6.58 Å². The van der Waals surface area contributed by atoms with Crippen molar-refractivity contribution in [2.24, 2.45) is 11.3 Å². The van der Waals surface area contributed by atoms with Crippen molar-refractivity contribution in [1.82, 2.24) is 5.32 Å². The van der Waals surface area contributed by atoms with Crippen LogP contribution in [0.25, 0.3) is 0 Å². The SMILES string of the molecule is C=C[C@@H]1C(C(C#N)(C#N)Cc2ccc(C(=O)OC)o2)=CC2CC[C@@H]1N2. The van der Waals surface area contributed by atoms with E-state index in [1.165, 1.54) is 13.2 Å². The lowest BCUT2D eigenvalue weighted by atomic mass is 9.70. The van der Waals surface area contributed by atoms with Crippen LogP contribution in [0, 0.1) is 34.0 Å². The monoisotopic (exact) mass is 337 g/mol. The molecule has 3 atom stereocenters. The molecule has 2 bridgehead atoms. The lowest BCUT2D eigenvalue weighted by Gasteiger charge is -2.34. The summed E-state index contributed by atoms with van der Waals surface area (Å²) in [5, 5.41) is 23.2. The van der Waals surface area contributed by atoms with Gasteiger partial charge in [0.05, 0.1) is 19.2 Å². The molecule has 3 rings (SSSR count). The van der Waals surface area contributed by atoms with Gasteiger partial charge in [0.15, 0.2) is 5.41 Å². The van der Waals surface area contributed by atoms with Crippen molar-refractivity contribution >= 4 is 5.97 Å². The predicted octanol–water partition coefficient (Wildman–Crippen LogP) is 2.51. The Morgan fingerprint density at radius 1 is 1.48 bits per heavy atom. The largest absolute Gasteiger partial charge is 0.463 e. The quantitative estimate of drug-likeness (QED) is 0.654. The van der Waals surface area contributed by atoms with Crippen LogP contribution in [0.4, 0.5) is 0 Å². The van der Waals surface area contributed by atoms with Gasteiger partial charge in [0, 0.05) is 24.4 Å². The Hall–Kier alpha value is -2.83. The Kier molecular flexibility index (Phi) is 4.48. The van der Waals surface area contributed by atoms with Crippen LogP contribution in [0.5, 0.6) is 0 Å². The van der Waals surface area contributed by atoms with Gasteiger partial charge in [-0.3, -0.25) is 0 Å². The zero-order valence-corrected chi connectivity index (χ0v) is 14.0.